The van der Waals surface area contributed by atoms with Crippen molar-refractivity contribution in [3.05, 3.63) is 0 Å². The molecule has 2 fully saturated rings. The minimum Gasteiger partial charge on any atom is -0.460 e. The maximum atomic E-state index is 14.3. The first kappa shape index (κ1) is 43.5. The lowest BCUT2D eigenvalue weighted by atomic mass is 9.93. The third kappa shape index (κ3) is 10.5. The van der Waals surface area contributed by atoms with Crippen molar-refractivity contribution < 1.29 is 38.2 Å². The lowest BCUT2D eigenvalue weighted by Gasteiger charge is -2.37. The van der Waals surface area contributed by atoms with Gasteiger partial charge in [0.05, 0.1) is 5.92 Å². The third-order valence-corrected chi connectivity index (χ3v) is 11.1. The first-order valence-corrected chi connectivity index (χ1v) is 19.0. The van der Waals surface area contributed by atoms with Crippen molar-refractivity contribution >= 4 is 35.6 Å². The zero-order chi connectivity index (χ0) is 38.7. The van der Waals surface area contributed by atoms with E-state index in [0.29, 0.717) is 51.4 Å². The largest absolute Gasteiger partial charge is 0.460 e. The number of rotatable bonds is 10. The number of amides is 4. The van der Waals surface area contributed by atoms with E-state index in [1.54, 1.807) is 27.8 Å². The van der Waals surface area contributed by atoms with Gasteiger partial charge in [-0.05, 0) is 49.9 Å². The van der Waals surface area contributed by atoms with Gasteiger partial charge in [0.1, 0.15) is 30.3 Å². The number of likely N-dealkylation sites (N-methyl/N-ethyl adjacent to an activating group) is 2. The van der Waals surface area contributed by atoms with E-state index in [0.717, 1.165) is 0 Å². The van der Waals surface area contributed by atoms with Gasteiger partial charge < -0.3 is 29.5 Å². The number of hydrogen-bond acceptors (Lipinski definition) is 8. The molecule has 2 rings (SSSR count). The molecule has 2 heterocycles. The number of unbranched alkanes of at least 4 members (excludes halogenated alkanes) is 1. The second kappa shape index (κ2) is 19.8. The van der Waals surface area contributed by atoms with Gasteiger partial charge in [-0.1, -0.05) is 75.2 Å². The Morgan fingerprint density at radius 1 is 0.804 bits per heavy atom. The fourth-order valence-corrected chi connectivity index (χ4v) is 6.99. The number of ether oxygens (including phenoxy) is 2. The molecule has 2 aliphatic rings. The second-order valence-electron chi connectivity index (χ2n) is 15.1. The fraction of sp³-hybridized carbons (Fsp3) is 0.795. The van der Waals surface area contributed by atoms with E-state index >= 15 is 0 Å². The Labute approximate surface area is 306 Å². The Kier molecular flexibility index (Phi) is 16.9. The fourth-order valence-electron chi connectivity index (χ4n) is 6.99. The number of esters is 2. The van der Waals surface area contributed by atoms with Crippen molar-refractivity contribution in [2.24, 2.45) is 29.6 Å². The molecule has 51 heavy (non-hydrogen) atoms. The lowest BCUT2D eigenvalue weighted by molar-refractivity contribution is -0.172. The van der Waals surface area contributed by atoms with Crippen LogP contribution in [0.3, 0.4) is 0 Å². The molecule has 1 N–H and O–H groups in total. The van der Waals surface area contributed by atoms with Gasteiger partial charge in [-0.25, -0.2) is 9.59 Å². The van der Waals surface area contributed by atoms with E-state index in [1.165, 1.54) is 21.7 Å². The van der Waals surface area contributed by atoms with Crippen molar-refractivity contribution in [1.29, 1.82) is 0 Å². The predicted octanol–water partition coefficient (Wildman–Crippen LogP) is 4.19. The van der Waals surface area contributed by atoms with Crippen LogP contribution in [0.5, 0.6) is 0 Å². The van der Waals surface area contributed by atoms with E-state index in [4.69, 9.17) is 15.9 Å². The van der Waals surface area contributed by atoms with Crippen LogP contribution in [0.15, 0.2) is 0 Å². The van der Waals surface area contributed by atoms with Crippen LogP contribution >= 0.6 is 0 Å². The number of cyclic esters (lactones) is 2. The molecule has 0 aliphatic carbocycles. The van der Waals surface area contributed by atoms with E-state index in [1.807, 2.05) is 41.5 Å². The van der Waals surface area contributed by atoms with Crippen LogP contribution < -0.4 is 5.32 Å². The number of terminal acetylenes is 1. The topological polar surface area (TPSA) is 143 Å². The van der Waals surface area contributed by atoms with Crippen LogP contribution in [0.25, 0.3) is 0 Å². The van der Waals surface area contributed by atoms with Crippen molar-refractivity contribution in [3.8, 4) is 12.3 Å². The summed E-state index contributed by atoms with van der Waals surface area (Å²) in [6.07, 6.45) is 7.15. The van der Waals surface area contributed by atoms with Gasteiger partial charge >= 0.3 is 11.9 Å². The molecule has 0 radical (unpaired) electrons. The molecule has 0 aromatic heterocycles. The maximum Gasteiger partial charge on any atom is 0.329 e. The molecule has 0 aromatic rings. The van der Waals surface area contributed by atoms with Gasteiger partial charge in [0, 0.05) is 33.0 Å². The molecule has 0 bridgehead atoms. The summed E-state index contributed by atoms with van der Waals surface area (Å²) in [4.78, 5) is 89.0. The van der Waals surface area contributed by atoms with Crippen molar-refractivity contribution in [3.63, 3.8) is 0 Å². The van der Waals surface area contributed by atoms with Gasteiger partial charge in [0.25, 0.3) is 5.91 Å². The highest BCUT2D eigenvalue weighted by atomic mass is 16.6. The van der Waals surface area contributed by atoms with Crippen molar-refractivity contribution in [2.75, 3.05) is 20.6 Å². The summed E-state index contributed by atoms with van der Waals surface area (Å²) in [5.74, 6) is -2.94. The van der Waals surface area contributed by atoms with Crippen LogP contribution in [0, 0.1) is 41.9 Å². The predicted molar refractivity (Wildman–Crippen MR) is 195 cm³/mol. The second-order valence-corrected chi connectivity index (χ2v) is 15.1. The average molecular weight is 717 g/mol. The smallest absolute Gasteiger partial charge is 0.329 e. The summed E-state index contributed by atoms with van der Waals surface area (Å²) in [5, 5.41) is 2.88. The summed E-state index contributed by atoms with van der Waals surface area (Å²) in [5.41, 5.74) is 0. The molecule has 2 aliphatic heterocycles. The third-order valence-electron chi connectivity index (χ3n) is 11.1. The number of carbonyl (C=O) groups excluding carboxylic acids is 6. The molecular weight excluding hydrogens is 652 g/mol. The van der Waals surface area contributed by atoms with Crippen LogP contribution in [-0.4, -0.2) is 107 Å². The summed E-state index contributed by atoms with van der Waals surface area (Å²) in [6, 6.07) is -3.92. The zero-order valence-corrected chi connectivity index (χ0v) is 32.9. The van der Waals surface area contributed by atoms with Gasteiger partial charge in [-0.15, -0.1) is 12.3 Å². The van der Waals surface area contributed by atoms with E-state index in [9.17, 15) is 28.8 Å². The van der Waals surface area contributed by atoms with Crippen LogP contribution in [0.1, 0.15) is 114 Å². The van der Waals surface area contributed by atoms with Gasteiger partial charge in [-0.2, -0.15) is 0 Å². The first-order chi connectivity index (χ1) is 24.0. The van der Waals surface area contributed by atoms with Crippen LogP contribution in [0.4, 0.5) is 0 Å². The Morgan fingerprint density at radius 3 is 1.84 bits per heavy atom. The van der Waals surface area contributed by atoms with Crippen molar-refractivity contribution in [2.45, 2.75) is 150 Å². The molecule has 12 heteroatoms. The van der Waals surface area contributed by atoms with Gasteiger partial charge in [-0.3, -0.25) is 19.2 Å². The van der Waals surface area contributed by atoms with Crippen molar-refractivity contribution in [1.82, 2.24) is 20.0 Å². The average Bonchev–Trinajstić information content (AvgIpc) is 3.60. The van der Waals surface area contributed by atoms with E-state index in [2.05, 4.69) is 11.2 Å². The first-order valence-electron chi connectivity index (χ1n) is 19.0. The summed E-state index contributed by atoms with van der Waals surface area (Å²) >= 11 is 0. The Morgan fingerprint density at radius 2 is 1.33 bits per heavy atom. The Hall–Kier alpha value is -3.62. The Bertz CT molecular complexity index is 1280. The summed E-state index contributed by atoms with van der Waals surface area (Å²) in [7, 11) is 3.06. The van der Waals surface area contributed by atoms with Gasteiger partial charge in [0.2, 0.25) is 17.7 Å². The van der Waals surface area contributed by atoms with Crippen LogP contribution in [-0.2, 0) is 38.2 Å². The molecular formula is C39H64N4O8. The molecule has 10 unspecified atom stereocenters. The number of nitrogens with zero attached hydrogens (tertiary/aromatic N) is 3. The minimum absolute atomic E-state index is 0.289. The number of carbonyl (C=O) groups is 6. The normalized spacial score (nSPS) is 29.6. The highest BCUT2D eigenvalue weighted by molar-refractivity contribution is 5.95. The highest BCUT2D eigenvalue weighted by Crippen LogP contribution is 2.29. The van der Waals surface area contributed by atoms with Crippen LogP contribution in [0.2, 0.25) is 0 Å². The Balaban J connectivity index is 2.79. The quantitative estimate of drug-likeness (QED) is 0.202. The molecule has 4 amide bonds. The minimum atomic E-state index is -1.20. The molecule has 288 valence electrons. The van der Waals surface area contributed by atoms with E-state index < -0.39 is 77.9 Å². The summed E-state index contributed by atoms with van der Waals surface area (Å²) in [6.45, 7) is 16.7. The summed E-state index contributed by atoms with van der Waals surface area (Å²) < 4.78 is 12.2. The van der Waals surface area contributed by atoms with Gasteiger partial charge in [0.15, 0.2) is 6.10 Å². The standard InChI is InChI=1S/C39H64N4O8/c1-13-17-18-21-29-27(10)34(44)40-30(23(5)6)36(46)42(12)32(25(8)15-3)39(49)51-33(26(9)16-4)37(47)43-22-19-20-28(43)35(45)41(11)31(24(7)14-2)38(48)50-29/h1,23-33H,14-22H2,2-12H3,(H,40,44). The molecule has 10 atom stereocenters. The molecule has 0 aromatic carbocycles. The number of hydrogen-bond donors (Lipinski definition) is 1. The number of nitrogens with one attached hydrogen (secondary N) is 1. The SMILES string of the molecule is C#CCCCC1OC(=O)C(C(C)CC)N(C)C(=O)C2CCCN2C(=O)C(C(C)CC)OC(=O)C(C(C)CC)N(C)C(=O)C(C(C)C)NC(=O)C1C. The molecule has 0 saturated carbocycles. The monoisotopic (exact) mass is 716 g/mol. The number of fused-ring (bicyclic) bond motifs is 1. The molecule has 2 saturated heterocycles. The van der Waals surface area contributed by atoms with E-state index in [-0.39, 0.29) is 30.2 Å². The zero-order valence-electron chi connectivity index (χ0n) is 32.9. The lowest BCUT2D eigenvalue weighted by Crippen LogP contribution is -2.58. The molecule has 0 spiro atoms. The maximum absolute atomic E-state index is 14.3. The molecule has 12 nitrogen and oxygen atoms in total. The highest BCUT2D eigenvalue weighted by Gasteiger charge is 2.46.